The zero-order valence-corrected chi connectivity index (χ0v) is 7.10. The van der Waals surface area contributed by atoms with Crippen molar-refractivity contribution in [1.29, 1.82) is 0 Å². The van der Waals surface area contributed by atoms with E-state index in [1.807, 2.05) is 0 Å². The second-order valence-electron chi connectivity index (χ2n) is 4.29. The van der Waals surface area contributed by atoms with Gasteiger partial charge in [0.2, 0.25) is 0 Å². The van der Waals surface area contributed by atoms with Crippen molar-refractivity contribution in [3.8, 4) is 0 Å². The van der Waals surface area contributed by atoms with Crippen molar-refractivity contribution in [3.63, 3.8) is 0 Å². The van der Waals surface area contributed by atoms with E-state index in [-0.39, 0.29) is 0 Å². The van der Waals surface area contributed by atoms with Gasteiger partial charge in [-0.05, 0) is 36.7 Å². The van der Waals surface area contributed by atoms with E-state index in [0.29, 0.717) is 11.2 Å². The predicted octanol–water partition coefficient (Wildman–Crippen LogP) is 2.39. The van der Waals surface area contributed by atoms with Crippen LogP contribution in [-0.2, 0) is 4.79 Å². The number of rotatable bonds is 0. The normalized spacial score (nSPS) is 29.8. The molecule has 0 aliphatic heterocycles. The van der Waals surface area contributed by atoms with Crippen LogP contribution in [0.4, 0.5) is 0 Å². The van der Waals surface area contributed by atoms with E-state index in [1.54, 1.807) is 0 Å². The maximum Gasteiger partial charge on any atom is 0.163 e. The first kappa shape index (κ1) is 6.64. The van der Waals surface area contributed by atoms with Crippen LogP contribution < -0.4 is 0 Å². The minimum atomic E-state index is 0.341. The molecule has 1 saturated carbocycles. The van der Waals surface area contributed by atoms with Gasteiger partial charge in [0.15, 0.2) is 5.78 Å². The number of carbonyl (C=O) groups is 1. The minimum Gasteiger partial charge on any atom is -0.294 e. The van der Waals surface area contributed by atoms with Gasteiger partial charge in [-0.15, -0.1) is 0 Å². The number of hydrogen-bond donors (Lipinski definition) is 0. The van der Waals surface area contributed by atoms with Crippen molar-refractivity contribution >= 4 is 5.78 Å². The van der Waals surface area contributed by atoms with Crippen LogP contribution >= 0.6 is 0 Å². The van der Waals surface area contributed by atoms with E-state index in [1.165, 1.54) is 18.4 Å². The second-order valence-corrected chi connectivity index (χ2v) is 4.29. The molecule has 1 fully saturated rings. The lowest BCUT2D eigenvalue weighted by Crippen LogP contribution is -2.15. The highest BCUT2D eigenvalue weighted by Gasteiger charge is 2.46. The summed E-state index contributed by atoms with van der Waals surface area (Å²) in [6.07, 6.45) is 9.98. The number of fused-ring (bicyclic) bond motifs is 1. The van der Waals surface area contributed by atoms with E-state index < -0.39 is 0 Å². The molecule has 0 heterocycles. The largest absolute Gasteiger partial charge is 0.294 e. The van der Waals surface area contributed by atoms with E-state index in [0.717, 1.165) is 24.8 Å². The SMILES string of the molecule is O=C1CC2(C=C3CCC=C13)CC2. The molecule has 0 aromatic rings. The Balaban J connectivity index is 2.09. The van der Waals surface area contributed by atoms with Crippen LogP contribution in [0.25, 0.3) is 0 Å². The summed E-state index contributed by atoms with van der Waals surface area (Å²) in [6, 6.07) is 0. The number of Topliss-reactive ketones (excluding diaryl/α,β-unsaturated/α-hetero) is 1. The monoisotopic (exact) mass is 160 g/mol. The molecule has 3 aliphatic carbocycles. The maximum absolute atomic E-state index is 11.6. The number of ketones is 1. The summed E-state index contributed by atoms with van der Waals surface area (Å²) < 4.78 is 0. The topological polar surface area (TPSA) is 17.1 Å². The molecular weight excluding hydrogens is 148 g/mol. The molecule has 0 saturated heterocycles. The van der Waals surface area contributed by atoms with Gasteiger partial charge in [0.05, 0.1) is 0 Å². The van der Waals surface area contributed by atoms with Crippen molar-refractivity contribution in [1.82, 2.24) is 0 Å². The molecule has 1 nitrogen and oxygen atoms in total. The van der Waals surface area contributed by atoms with Gasteiger partial charge in [-0.25, -0.2) is 0 Å². The molecule has 12 heavy (non-hydrogen) atoms. The van der Waals surface area contributed by atoms with Gasteiger partial charge in [0.1, 0.15) is 0 Å². The van der Waals surface area contributed by atoms with Gasteiger partial charge < -0.3 is 0 Å². The van der Waals surface area contributed by atoms with Crippen molar-refractivity contribution in [2.75, 3.05) is 0 Å². The quantitative estimate of drug-likeness (QED) is 0.531. The van der Waals surface area contributed by atoms with Gasteiger partial charge in [-0.1, -0.05) is 12.2 Å². The molecule has 3 aliphatic rings. The Kier molecular flexibility index (Phi) is 1.05. The molecule has 0 bridgehead atoms. The van der Waals surface area contributed by atoms with E-state index >= 15 is 0 Å². The van der Waals surface area contributed by atoms with Crippen LogP contribution in [0.1, 0.15) is 32.1 Å². The Morgan fingerprint density at radius 3 is 2.92 bits per heavy atom. The van der Waals surface area contributed by atoms with Gasteiger partial charge in [0, 0.05) is 12.0 Å². The molecule has 0 aromatic carbocycles. The van der Waals surface area contributed by atoms with E-state index in [9.17, 15) is 4.79 Å². The molecule has 0 N–H and O–H groups in total. The van der Waals surface area contributed by atoms with Crippen molar-refractivity contribution in [2.24, 2.45) is 5.41 Å². The van der Waals surface area contributed by atoms with Crippen LogP contribution in [0.5, 0.6) is 0 Å². The predicted molar refractivity (Wildman–Crippen MR) is 46.7 cm³/mol. The first-order valence-electron chi connectivity index (χ1n) is 4.75. The standard InChI is InChI=1S/C11H12O/c12-10-7-11(4-5-11)6-8-2-1-3-9(8)10/h3,6H,1-2,4-5,7H2. The third-order valence-electron chi connectivity index (χ3n) is 3.29. The van der Waals surface area contributed by atoms with Crippen molar-refractivity contribution in [3.05, 3.63) is 23.3 Å². The Hall–Kier alpha value is -0.850. The highest BCUT2D eigenvalue weighted by molar-refractivity contribution is 6.02. The fourth-order valence-corrected chi connectivity index (χ4v) is 2.40. The summed E-state index contributed by atoms with van der Waals surface area (Å²) in [6.45, 7) is 0. The number of allylic oxidation sites excluding steroid dienone is 4. The van der Waals surface area contributed by atoms with Gasteiger partial charge >= 0.3 is 0 Å². The molecular formula is C11H12O. The maximum atomic E-state index is 11.6. The molecule has 0 amide bonds. The summed E-state index contributed by atoms with van der Waals surface area (Å²) in [5, 5.41) is 0. The van der Waals surface area contributed by atoms with Crippen LogP contribution in [0.2, 0.25) is 0 Å². The average Bonchev–Trinajstić information content (AvgIpc) is 2.63. The van der Waals surface area contributed by atoms with Crippen molar-refractivity contribution < 1.29 is 4.79 Å². The average molecular weight is 160 g/mol. The highest BCUT2D eigenvalue weighted by Crippen LogP contribution is 2.55. The number of hydrogen-bond acceptors (Lipinski definition) is 1. The Bertz CT molecular complexity index is 316. The van der Waals surface area contributed by atoms with Gasteiger partial charge in [-0.2, -0.15) is 0 Å². The second kappa shape index (κ2) is 1.90. The summed E-state index contributed by atoms with van der Waals surface area (Å²) in [4.78, 5) is 11.6. The minimum absolute atomic E-state index is 0.341. The lowest BCUT2D eigenvalue weighted by Gasteiger charge is -2.18. The summed E-state index contributed by atoms with van der Waals surface area (Å²) >= 11 is 0. The first-order chi connectivity index (χ1) is 5.79. The summed E-state index contributed by atoms with van der Waals surface area (Å²) in [7, 11) is 0. The van der Waals surface area contributed by atoms with Crippen LogP contribution in [0.3, 0.4) is 0 Å². The van der Waals surface area contributed by atoms with Crippen LogP contribution in [0, 0.1) is 5.41 Å². The zero-order chi connectivity index (χ0) is 8.18. The zero-order valence-electron chi connectivity index (χ0n) is 7.10. The summed E-state index contributed by atoms with van der Waals surface area (Å²) in [5.41, 5.74) is 2.74. The fourth-order valence-electron chi connectivity index (χ4n) is 2.40. The van der Waals surface area contributed by atoms with Crippen LogP contribution in [0.15, 0.2) is 23.3 Å². The Labute approximate surface area is 72.2 Å². The molecule has 0 unspecified atom stereocenters. The Morgan fingerprint density at radius 2 is 2.17 bits per heavy atom. The van der Waals surface area contributed by atoms with Crippen LogP contribution in [-0.4, -0.2) is 5.78 Å². The smallest absolute Gasteiger partial charge is 0.163 e. The van der Waals surface area contributed by atoms with Gasteiger partial charge in [-0.3, -0.25) is 4.79 Å². The molecule has 62 valence electrons. The molecule has 1 heteroatoms. The van der Waals surface area contributed by atoms with E-state index in [4.69, 9.17) is 0 Å². The molecule has 1 spiro atoms. The fraction of sp³-hybridized carbons (Fsp3) is 0.545. The lowest BCUT2D eigenvalue weighted by atomic mass is 9.85. The Morgan fingerprint density at radius 1 is 1.33 bits per heavy atom. The summed E-state index contributed by atoms with van der Waals surface area (Å²) in [5.74, 6) is 0.405. The highest BCUT2D eigenvalue weighted by atomic mass is 16.1. The third-order valence-corrected chi connectivity index (χ3v) is 3.29. The third kappa shape index (κ3) is 0.767. The van der Waals surface area contributed by atoms with E-state index in [2.05, 4.69) is 12.2 Å². The molecule has 0 radical (unpaired) electrons. The lowest BCUT2D eigenvalue weighted by molar-refractivity contribution is -0.116. The first-order valence-corrected chi connectivity index (χ1v) is 4.75. The molecule has 0 atom stereocenters. The van der Waals surface area contributed by atoms with Gasteiger partial charge in [0.25, 0.3) is 0 Å². The van der Waals surface area contributed by atoms with Crippen molar-refractivity contribution in [2.45, 2.75) is 32.1 Å². The molecule has 3 rings (SSSR count). The molecule has 0 aromatic heterocycles. The number of carbonyl (C=O) groups excluding carboxylic acids is 1.